The zero-order valence-corrected chi connectivity index (χ0v) is 12.6. The molecule has 1 aliphatic rings. The summed E-state index contributed by atoms with van der Waals surface area (Å²) in [6, 6.07) is 6.58. The second-order valence-electron chi connectivity index (χ2n) is 4.45. The Hall–Kier alpha value is -0.190. The minimum Gasteiger partial charge on any atom is -0.370 e. The van der Waals surface area contributed by atoms with Crippen molar-refractivity contribution in [3.8, 4) is 0 Å². The zero-order chi connectivity index (χ0) is 12.3. The summed E-state index contributed by atoms with van der Waals surface area (Å²) < 4.78 is 1.17. The van der Waals surface area contributed by atoms with Crippen LogP contribution in [0.2, 0.25) is 0 Å². The van der Waals surface area contributed by atoms with Gasteiger partial charge in [0.15, 0.2) is 0 Å². The van der Waals surface area contributed by atoms with Crippen LogP contribution >= 0.6 is 27.7 Å². The molecule has 0 saturated carbocycles. The summed E-state index contributed by atoms with van der Waals surface area (Å²) in [7, 11) is 0. The molecule has 0 bridgehead atoms. The molecule has 0 radical (unpaired) electrons. The number of nitrogens with zero attached hydrogens (tertiary/aromatic N) is 1. The maximum Gasteiger partial charge on any atom is 0.0511 e. The van der Waals surface area contributed by atoms with E-state index >= 15 is 0 Å². The monoisotopic (exact) mass is 314 g/mol. The molecule has 0 aromatic heterocycles. The Balaban J connectivity index is 2.19. The van der Waals surface area contributed by atoms with Crippen LogP contribution in [0.5, 0.6) is 0 Å². The van der Waals surface area contributed by atoms with Gasteiger partial charge >= 0.3 is 0 Å². The molecule has 1 aromatic carbocycles. The van der Waals surface area contributed by atoms with Crippen LogP contribution in [0, 0.1) is 0 Å². The average molecular weight is 315 g/mol. The fourth-order valence-corrected chi connectivity index (χ4v) is 3.58. The lowest BCUT2D eigenvalue weighted by atomic mass is 10.1. The van der Waals surface area contributed by atoms with Gasteiger partial charge in [-0.15, -0.1) is 0 Å². The maximum atomic E-state index is 5.90. The van der Waals surface area contributed by atoms with Crippen molar-refractivity contribution >= 4 is 33.4 Å². The quantitative estimate of drug-likeness (QED) is 0.907. The van der Waals surface area contributed by atoms with E-state index in [1.165, 1.54) is 33.7 Å². The number of nitrogens with two attached hydrogens (primary N) is 1. The van der Waals surface area contributed by atoms with Crippen molar-refractivity contribution < 1.29 is 0 Å². The summed E-state index contributed by atoms with van der Waals surface area (Å²) in [5.74, 6) is 2.51. The van der Waals surface area contributed by atoms with E-state index in [0.29, 0.717) is 0 Å². The van der Waals surface area contributed by atoms with Crippen molar-refractivity contribution in [2.24, 2.45) is 5.73 Å². The molecule has 2 N–H and O–H groups in total. The summed E-state index contributed by atoms with van der Waals surface area (Å²) in [5.41, 5.74) is 8.39. The van der Waals surface area contributed by atoms with Gasteiger partial charge in [0.25, 0.3) is 0 Å². The normalized spacial score (nSPS) is 18.9. The Labute approximate surface area is 116 Å². The first-order valence-corrected chi connectivity index (χ1v) is 8.01. The van der Waals surface area contributed by atoms with Gasteiger partial charge in [-0.2, -0.15) is 11.8 Å². The smallest absolute Gasteiger partial charge is 0.0511 e. The van der Waals surface area contributed by atoms with Crippen LogP contribution < -0.4 is 10.6 Å². The van der Waals surface area contributed by atoms with E-state index in [2.05, 4.69) is 50.8 Å². The van der Waals surface area contributed by atoms with Crippen molar-refractivity contribution in [3.05, 3.63) is 28.2 Å². The fourth-order valence-electron chi connectivity index (χ4n) is 2.05. The Kier molecular flexibility index (Phi) is 4.77. The van der Waals surface area contributed by atoms with Crippen molar-refractivity contribution in [1.82, 2.24) is 0 Å². The first-order chi connectivity index (χ1) is 8.18. The second-order valence-corrected chi connectivity index (χ2v) is 6.53. The summed E-state index contributed by atoms with van der Waals surface area (Å²) in [6.45, 7) is 4.31. The average Bonchev–Trinajstić information content (AvgIpc) is 2.57. The van der Waals surface area contributed by atoms with Crippen molar-refractivity contribution in [3.63, 3.8) is 0 Å². The molecule has 0 unspecified atom stereocenters. The molecule has 1 heterocycles. The number of hydrogen-bond donors (Lipinski definition) is 1. The summed E-state index contributed by atoms with van der Waals surface area (Å²) >= 11 is 5.72. The maximum absolute atomic E-state index is 5.90. The Morgan fingerprint density at radius 1 is 1.35 bits per heavy atom. The van der Waals surface area contributed by atoms with E-state index in [4.69, 9.17) is 5.73 Å². The van der Waals surface area contributed by atoms with Gasteiger partial charge in [0, 0.05) is 29.4 Å². The minimum atomic E-state index is 0.0973. The highest BCUT2D eigenvalue weighted by atomic mass is 79.9. The predicted molar refractivity (Wildman–Crippen MR) is 80.9 cm³/mol. The predicted octanol–water partition coefficient (Wildman–Crippen LogP) is 3.41. The third-order valence-electron chi connectivity index (χ3n) is 3.06. The summed E-state index contributed by atoms with van der Waals surface area (Å²) in [6.07, 6.45) is 1.27. The number of rotatable bonds is 2. The van der Waals surface area contributed by atoms with Crippen LogP contribution in [0.25, 0.3) is 0 Å². The highest BCUT2D eigenvalue weighted by molar-refractivity contribution is 9.10. The van der Waals surface area contributed by atoms with Crippen LogP contribution in [0.1, 0.15) is 24.9 Å². The molecule has 1 saturated heterocycles. The molecule has 1 aromatic rings. The third-order valence-corrected chi connectivity index (χ3v) is 4.74. The van der Waals surface area contributed by atoms with E-state index in [0.717, 1.165) is 13.1 Å². The number of benzene rings is 1. The van der Waals surface area contributed by atoms with E-state index in [-0.39, 0.29) is 6.04 Å². The minimum absolute atomic E-state index is 0.0973. The first kappa shape index (κ1) is 13.2. The molecule has 4 heteroatoms. The molecule has 1 aliphatic heterocycles. The van der Waals surface area contributed by atoms with Gasteiger partial charge in [-0.05, 0) is 52.7 Å². The molecule has 0 spiro atoms. The lowest BCUT2D eigenvalue weighted by Gasteiger charge is -2.24. The lowest BCUT2D eigenvalue weighted by Crippen LogP contribution is -2.25. The SMILES string of the molecule is C[C@@H](N)c1ccc(N2CCCSCC2)c(Br)c1. The van der Waals surface area contributed by atoms with E-state index in [1.54, 1.807) is 0 Å². The van der Waals surface area contributed by atoms with Gasteiger partial charge in [0.05, 0.1) is 5.69 Å². The molecule has 94 valence electrons. The molecule has 0 aliphatic carbocycles. The van der Waals surface area contributed by atoms with Gasteiger partial charge in [0.2, 0.25) is 0 Å². The van der Waals surface area contributed by atoms with Crippen LogP contribution in [0.15, 0.2) is 22.7 Å². The van der Waals surface area contributed by atoms with Crippen LogP contribution in [0.4, 0.5) is 5.69 Å². The Morgan fingerprint density at radius 2 is 2.18 bits per heavy atom. The third kappa shape index (κ3) is 3.39. The largest absolute Gasteiger partial charge is 0.370 e. The molecule has 2 nitrogen and oxygen atoms in total. The van der Waals surface area contributed by atoms with E-state index < -0.39 is 0 Å². The highest BCUT2D eigenvalue weighted by Crippen LogP contribution is 2.30. The van der Waals surface area contributed by atoms with Crippen molar-refractivity contribution in [2.75, 3.05) is 29.5 Å². The van der Waals surface area contributed by atoms with Crippen molar-refractivity contribution in [2.45, 2.75) is 19.4 Å². The van der Waals surface area contributed by atoms with Crippen LogP contribution in [0.3, 0.4) is 0 Å². The number of hydrogen-bond acceptors (Lipinski definition) is 3. The van der Waals surface area contributed by atoms with Gasteiger partial charge in [0.1, 0.15) is 0 Å². The second kappa shape index (κ2) is 6.12. The molecular weight excluding hydrogens is 296 g/mol. The zero-order valence-electron chi connectivity index (χ0n) is 10.2. The number of halogens is 1. The Morgan fingerprint density at radius 3 is 2.88 bits per heavy atom. The molecule has 1 atom stereocenters. The van der Waals surface area contributed by atoms with Gasteiger partial charge in [-0.1, -0.05) is 6.07 Å². The lowest BCUT2D eigenvalue weighted by molar-refractivity contribution is 0.803. The van der Waals surface area contributed by atoms with Gasteiger partial charge < -0.3 is 10.6 Å². The number of anilines is 1. The van der Waals surface area contributed by atoms with E-state index in [1.807, 2.05) is 6.92 Å². The topological polar surface area (TPSA) is 29.3 Å². The standard InChI is InChI=1S/C13H19BrN2S/c1-10(15)11-3-4-13(12(14)9-11)16-5-2-7-17-8-6-16/h3-4,9-10H,2,5-8,15H2,1H3/t10-/m1/s1. The Bertz CT molecular complexity index is 374. The van der Waals surface area contributed by atoms with Gasteiger partial charge in [-0.3, -0.25) is 0 Å². The number of thioether (sulfide) groups is 1. The molecule has 17 heavy (non-hydrogen) atoms. The molecular formula is C13H19BrN2S. The van der Waals surface area contributed by atoms with Crippen LogP contribution in [-0.4, -0.2) is 24.6 Å². The molecule has 0 amide bonds. The summed E-state index contributed by atoms with van der Waals surface area (Å²) in [4.78, 5) is 2.47. The van der Waals surface area contributed by atoms with E-state index in [9.17, 15) is 0 Å². The van der Waals surface area contributed by atoms with Crippen LogP contribution in [-0.2, 0) is 0 Å². The summed E-state index contributed by atoms with van der Waals surface area (Å²) in [5, 5.41) is 0. The fraction of sp³-hybridized carbons (Fsp3) is 0.538. The van der Waals surface area contributed by atoms with Crippen molar-refractivity contribution in [1.29, 1.82) is 0 Å². The molecule has 2 rings (SSSR count). The van der Waals surface area contributed by atoms with Gasteiger partial charge in [-0.25, -0.2) is 0 Å². The first-order valence-electron chi connectivity index (χ1n) is 6.06. The molecule has 1 fully saturated rings. The highest BCUT2D eigenvalue weighted by Gasteiger charge is 2.13.